The quantitative estimate of drug-likeness (QED) is 0.0997. The monoisotopic (exact) mass is 452 g/mol. The molecule has 0 fully saturated rings. The van der Waals surface area contributed by atoms with Gasteiger partial charge in [-0.05, 0) is 23.8 Å². The molecule has 3 aromatic carbocycles. The maximum absolute atomic E-state index is 13.2. The Morgan fingerprint density at radius 2 is 1.53 bits per heavy atom. The first kappa shape index (κ1) is 23.7. The van der Waals surface area contributed by atoms with E-state index in [9.17, 15) is 19.7 Å². The van der Waals surface area contributed by atoms with E-state index < -0.39 is 16.7 Å². The number of nitrogens with zero attached hydrogens (tertiary/aromatic N) is 2. The van der Waals surface area contributed by atoms with Crippen molar-refractivity contribution >= 4 is 23.2 Å². The fourth-order valence-electron chi connectivity index (χ4n) is 3.12. The Hall–Kier alpha value is -4.91. The molecular weight excluding hydrogens is 432 g/mol. The fourth-order valence-corrected chi connectivity index (χ4v) is 3.12. The van der Waals surface area contributed by atoms with E-state index in [1.807, 2.05) is 0 Å². The fraction of sp³-hybridized carbons (Fsp3) is 0. The third-order valence-electron chi connectivity index (χ3n) is 4.79. The zero-order valence-electron chi connectivity index (χ0n) is 18.1. The Balaban J connectivity index is 1.94. The first-order chi connectivity index (χ1) is 16.5. The summed E-state index contributed by atoms with van der Waals surface area (Å²) >= 11 is 0. The van der Waals surface area contributed by atoms with E-state index >= 15 is 0 Å². The second kappa shape index (κ2) is 11.1. The van der Waals surface area contributed by atoms with Gasteiger partial charge in [0.15, 0.2) is 5.71 Å². The lowest BCUT2D eigenvalue weighted by molar-refractivity contribution is -0.384. The predicted molar refractivity (Wildman–Crippen MR) is 131 cm³/mol. The number of carbonyl (C=O) groups excluding carboxylic acids is 2. The summed E-state index contributed by atoms with van der Waals surface area (Å²) < 4.78 is 0. The number of Topliss-reactive ketones (excluding diaryl/α,β-unsaturated/α-hetero) is 1. The minimum absolute atomic E-state index is 0.0421. The van der Waals surface area contributed by atoms with Gasteiger partial charge in [-0.1, -0.05) is 91.1 Å². The van der Waals surface area contributed by atoms with Crippen molar-refractivity contribution in [2.75, 3.05) is 0 Å². The molecule has 0 saturated heterocycles. The highest BCUT2D eigenvalue weighted by Gasteiger charge is 2.20. The van der Waals surface area contributed by atoms with Crippen molar-refractivity contribution in [2.45, 2.75) is 0 Å². The number of nitro benzene ring substituents is 1. The maximum atomic E-state index is 13.2. The molecule has 0 N–H and O–H groups in total. The number of benzene rings is 3. The SMILES string of the molecule is C=C/C=C(C=C)/C(=N/OC(=O)c1ccccc1)C(=O)c1ccc(-c2ccccc2[N+](=O)[O-])cc1. The Morgan fingerprint density at radius 1 is 0.882 bits per heavy atom. The molecule has 7 nitrogen and oxygen atoms in total. The van der Waals surface area contributed by atoms with Crippen molar-refractivity contribution in [2.24, 2.45) is 5.16 Å². The minimum Gasteiger partial charge on any atom is -0.312 e. The van der Waals surface area contributed by atoms with Gasteiger partial charge in [0.25, 0.3) is 5.69 Å². The van der Waals surface area contributed by atoms with E-state index in [1.54, 1.807) is 60.7 Å². The molecule has 0 unspecified atom stereocenters. The standard InChI is InChI=1S/C27H20N2O5/c1-3-10-19(4-2)25(28-34-27(31)22-11-6-5-7-12-22)26(30)21-17-15-20(16-18-21)23-13-8-9-14-24(23)29(32)33/h3-18H,1-2H2/b19-10+,28-25-. The summed E-state index contributed by atoms with van der Waals surface area (Å²) in [6.07, 6.45) is 4.37. The normalized spacial score (nSPS) is 11.4. The molecule has 3 rings (SSSR count). The molecular formula is C27H20N2O5. The molecule has 3 aromatic rings. The largest absolute Gasteiger partial charge is 0.365 e. The van der Waals surface area contributed by atoms with Gasteiger partial charge in [-0.15, -0.1) is 0 Å². The Morgan fingerprint density at radius 3 is 2.15 bits per heavy atom. The second-order valence-electron chi connectivity index (χ2n) is 6.93. The van der Waals surface area contributed by atoms with Crippen molar-refractivity contribution in [3.8, 4) is 11.1 Å². The van der Waals surface area contributed by atoms with Crippen molar-refractivity contribution in [3.63, 3.8) is 0 Å². The van der Waals surface area contributed by atoms with Crippen LogP contribution in [0.15, 0.2) is 121 Å². The molecule has 0 amide bonds. The highest BCUT2D eigenvalue weighted by Crippen LogP contribution is 2.29. The van der Waals surface area contributed by atoms with Crippen LogP contribution in [-0.2, 0) is 4.84 Å². The average Bonchev–Trinajstić information content (AvgIpc) is 2.88. The number of ketones is 1. The van der Waals surface area contributed by atoms with Crippen LogP contribution in [0.25, 0.3) is 11.1 Å². The molecule has 0 heterocycles. The molecule has 7 heteroatoms. The van der Waals surface area contributed by atoms with Crippen LogP contribution < -0.4 is 0 Å². The van der Waals surface area contributed by atoms with Crippen molar-refractivity contribution in [3.05, 3.63) is 137 Å². The van der Waals surface area contributed by atoms with Gasteiger partial charge in [0.05, 0.1) is 16.1 Å². The van der Waals surface area contributed by atoms with Crippen LogP contribution >= 0.6 is 0 Å². The summed E-state index contributed by atoms with van der Waals surface area (Å²) in [5, 5.41) is 15.2. The summed E-state index contributed by atoms with van der Waals surface area (Å²) in [5.41, 5.74) is 1.65. The summed E-state index contributed by atoms with van der Waals surface area (Å²) in [6, 6.07) is 20.8. The smallest absolute Gasteiger partial charge is 0.312 e. The van der Waals surface area contributed by atoms with Crippen LogP contribution in [0.5, 0.6) is 0 Å². The zero-order valence-corrected chi connectivity index (χ0v) is 18.1. The molecule has 0 aliphatic carbocycles. The molecule has 0 atom stereocenters. The molecule has 168 valence electrons. The van der Waals surface area contributed by atoms with Gasteiger partial charge in [0, 0.05) is 17.2 Å². The lowest BCUT2D eigenvalue weighted by Gasteiger charge is -2.08. The number of oxime groups is 1. The summed E-state index contributed by atoms with van der Waals surface area (Å²) in [4.78, 5) is 41.4. The molecule has 0 aliphatic rings. The Labute approximate surface area is 196 Å². The lowest BCUT2D eigenvalue weighted by Crippen LogP contribution is -2.18. The molecule has 0 bridgehead atoms. The number of allylic oxidation sites excluding steroid dienone is 4. The van der Waals surface area contributed by atoms with E-state index in [-0.39, 0.29) is 22.5 Å². The van der Waals surface area contributed by atoms with Crippen LogP contribution in [0.1, 0.15) is 20.7 Å². The predicted octanol–water partition coefficient (Wildman–Crippen LogP) is 5.96. The number of hydrogen-bond donors (Lipinski definition) is 0. The summed E-state index contributed by atoms with van der Waals surface area (Å²) in [6.45, 7) is 7.31. The molecule has 0 saturated carbocycles. The lowest BCUT2D eigenvalue weighted by atomic mass is 9.97. The van der Waals surface area contributed by atoms with E-state index in [0.29, 0.717) is 16.7 Å². The van der Waals surface area contributed by atoms with Gasteiger partial charge in [0.1, 0.15) is 0 Å². The van der Waals surface area contributed by atoms with Gasteiger partial charge in [-0.25, -0.2) is 4.79 Å². The number of para-hydroxylation sites is 1. The average molecular weight is 452 g/mol. The third-order valence-corrected chi connectivity index (χ3v) is 4.79. The van der Waals surface area contributed by atoms with E-state index in [4.69, 9.17) is 4.84 Å². The van der Waals surface area contributed by atoms with Crippen LogP contribution in [-0.4, -0.2) is 22.4 Å². The van der Waals surface area contributed by atoms with E-state index in [1.165, 1.54) is 36.4 Å². The van der Waals surface area contributed by atoms with Crippen molar-refractivity contribution in [1.29, 1.82) is 0 Å². The van der Waals surface area contributed by atoms with Gasteiger partial charge in [-0.2, -0.15) is 0 Å². The molecule has 0 aromatic heterocycles. The number of carbonyl (C=O) groups is 2. The third kappa shape index (κ3) is 5.46. The first-order valence-corrected chi connectivity index (χ1v) is 10.1. The molecule has 0 spiro atoms. The summed E-state index contributed by atoms with van der Waals surface area (Å²) in [7, 11) is 0. The zero-order chi connectivity index (χ0) is 24.5. The van der Waals surface area contributed by atoms with E-state index in [0.717, 1.165) is 0 Å². The molecule has 0 radical (unpaired) electrons. The minimum atomic E-state index is -0.723. The maximum Gasteiger partial charge on any atom is 0.365 e. The van der Waals surface area contributed by atoms with Gasteiger partial charge < -0.3 is 4.84 Å². The first-order valence-electron chi connectivity index (χ1n) is 10.1. The second-order valence-corrected chi connectivity index (χ2v) is 6.93. The van der Waals surface area contributed by atoms with E-state index in [2.05, 4.69) is 18.3 Å². The van der Waals surface area contributed by atoms with Gasteiger partial charge in [0.2, 0.25) is 5.78 Å². The number of rotatable bonds is 9. The van der Waals surface area contributed by atoms with Gasteiger partial charge >= 0.3 is 5.97 Å². The van der Waals surface area contributed by atoms with Crippen LogP contribution in [0.4, 0.5) is 5.69 Å². The molecule has 0 aliphatic heterocycles. The Bertz CT molecular complexity index is 1310. The Kier molecular flexibility index (Phi) is 7.75. The van der Waals surface area contributed by atoms with Crippen LogP contribution in [0.3, 0.4) is 0 Å². The number of nitro groups is 1. The van der Waals surface area contributed by atoms with Gasteiger partial charge in [-0.3, -0.25) is 14.9 Å². The highest BCUT2D eigenvalue weighted by molar-refractivity contribution is 6.52. The van der Waals surface area contributed by atoms with Crippen LogP contribution in [0.2, 0.25) is 0 Å². The highest BCUT2D eigenvalue weighted by atomic mass is 16.7. The number of hydrogen-bond acceptors (Lipinski definition) is 6. The van der Waals surface area contributed by atoms with Crippen molar-refractivity contribution < 1.29 is 19.3 Å². The van der Waals surface area contributed by atoms with Crippen LogP contribution in [0, 0.1) is 10.1 Å². The molecule has 34 heavy (non-hydrogen) atoms. The van der Waals surface area contributed by atoms with Crippen molar-refractivity contribution in [1.82, 2.24) is 0 Å². The summed E-state index contributed by atoms with van der Waals surface area (Å²) in [5.74, 6) is -1.25. The topological polar surface area (TPSA) is 98.9 Å².